The summed E-state index contributed by atoms with van der Waals surface area (Å²) >= 11 is 0. The third kappa shape index (κ3) is 3.60. The van der Waals surface area contributed by atoms with Gasteiger partial charge in [-0.15, -0.1) is 0 Å². The predicted octanol–water partition coefficient (Wildman–Crippen LogP) is 3.67. The molecule has 3 nitrogen and oxygen atoms in total. The van der Waals surface area contributed by atoms with Crippen molar-refractivity contribution < 1.29 is 8.42 Å². The van der Waals surface area contributed by atoms with Crippen molar-refractivity contribution in [1.29, 1.82) is 0 Å². The van der Waals surface area contributed by atoms with Crippen LogP contribution >= 0.6 is 0 Å². The van der Waals surface area contributed by atoms with Crippen LogP contribution in [0.3, 0.4) is 0 Å². The van der Waals surface area contributed by atoms with Crippen LogP contribution in [0.2, 0.25) is 0 Å². The van der Waals surface area contributed by atoms with E-state index in [9.17, 15) is 8.42 Å². The molecular weight excluding hydrogens is 306 g/mol. The number of aryl methyl sites for hydroxylation is 1. The Balaban J connectivity index is 1.74. The first-order chi connectivity index (χ1) is 11.1. The molecule has 0 aliphatic carbocycles. The maximum atomic E-state index is 12.4. The molecule has 3 rings (SSSR count). The molecule has 4 heteroatoms. The monoisotopic (exact) mass is 325 g/mol. The SMILES string of the molecule is Cc1ccccc1CCNS(=O)(=O)c1ccc2ccccc2c1. The zero-order chi connectivity index (χ0) is 16.3. The zero-order valence-electron chi connectivity index (χ0n) is 13.0. The molecule has 0 spiro atoms. The minimum absolute atomic E-state index is 0.306. The number of nitrogens with one attached hydrogen (secondary N) is 1. The molecule has 0 radical (unpaired) electrons. The quantitative estimate of drug-likeness (QED) is 0.778. The lowest BCUT2D eigenvalue weighted by atomic mass is 10.1. The van der Waals surface area contributed by atoms with Gasteiger partial charge < -0.3 is 0 Å². The smallest absolute Gasteiger partial charge is 0.211 e. The molecular formula is C19H19NO2S. The second kappa shape index (κ2) is 6.52. The Morgan fingerprint density at radius 2 is 1.57 bits per heavy atom. The summed E-state index contributed by atoms with van der Waals surface area (Å²) in [6.45, 7) is 2.42. The molecule has 0 saturated heterocycles. The fourth-order valence-corrected chi connectivity index (χ4v) is 3.70. The van der Waals surface area contributed by atoms with Crippen molar-refractivity contribution in [2.75, 3.05) is 6.54 Å². The van der Waals surface area contributed by atoms with Gasteiger partial charge in [0.25, 0.3) is 0 Å². The molecule has 0 amide bonds. The van der Waals surface area contributed by atoms with Crippen LogP contribution in [0.15, 0.2) is 71.6 Å². The Morgan fingerprint density at radius 3 is 2.35 bits per heavy atom. The van der Waals surface area contributed by atoms with Crippen molar-refractivity contribution in [3.63, 3.8) is 0 Å². The standard InChI is InChI=1S/C19H19NO2S/c1-15-6-2-3-7-16(15)12-13-20-23(21,22)19-11-10-17-8-4-5-9-18(17)14-19/h2-11,14,20H,12-13H2,1H3. The van der Waals surface area contributed by atoms with E-state index < -0.39 is 10.0 Å². The van der Waals surface area contributed by atoms with Crippen molar-refractivity contribution in [2.24, 2.45) is 0 Å². The van der Waals surface area contributed by atoms with Crippen LogP contribution in [0, 0.1) is 6.92 Å². The molecule has 118 valence electrons. The van der Waals surface area contributed by atoms with E-state index in [2.05, 4.69) is 4.72 Å². The molecule has 0 aliphatic rings. The van der Waals surface area contributed by atoms with E-state index in [1.54, 1.807) is 12.1 Å². The highest BCUT2D eigenvalue weighted by molar-refractivity contribution is 7.89. The maximum Gasteiger partial charge on any atom is 0.240 e. The van der Waals surface area contributed by atoms with E-state index in [1.165, 1.54) is 5.56 Å². The molecule has 23 heavy (non-hydrogen) atoms. The van der Waals surface area contributed by atoms with E-state index >= 15 is 0 Å². The van der Waals surface area contributed by atoms with Crippen LogP contribution in [0.4, 0.5) is 0 Å². The van der Waals surface area contributed by atoms with Crippen LogP contribution < -0.4 is 4.72 Å². The Labute approximate surface area is 137 Å². The summed E-state index contributed by atoms with van der Waals surface area (Å²) in [5.41, 5.74) is 2.34. The van der Waals surface area contributed by atoms with Gasteiger partial charge in [0.1, 0.15) is 0 Å². The second-order valence-electron chi connectivity index (χ2n) is 5.58. The molecule has 0 aromatic heterocycles. The van der Waals surface area contributed by atoms with Gasteiger partial charge in [-0.25, -0.2) is 13.1 Å². The Hall–Kier alpha value is -2.17. The predicted molar refractivity (Wildman–Crippen MR) is 94.0 cm³/mol. The molecule has 0 atom stereocenters. The van der Waals surface area contributed by atoms with E-state index in [0.717, 1.165) is 16.3 Å². The normalized spacial score (nSPS) is 11.7. The first-order valence-electron chi connectivity index (χ1n) is 7.59. The third-order valence-corrected chi connectivity index (χ3v) is 5.44. The summed E-state index contributed by atoms with van der Waals surface area (Å²) in [5, 5.41) is 1.96. The van der Waals surface area contributed by atoms with Crippen molar-refractivity contribution in [2.45, 2.75) is 18.2 Å². The highest BCUT2D eigenvalue weighted by Gasteiger charge is 2.13. The number of fused-ring (bicyclic) bond motifs is 1. The van der Waals surface area contributed by atoms with E-state index in [4.69, 9.17) is 0 Å². The van der Waals surface area contributed by atoms with E-state index in [0.29, 0.717) is 17.9 Å². The van der Waals surface area contributed by atoms with Crippen molar-refractivity contribution in [3.05, 3.63) is 77.9 Å². The lowest BCUT2D eigenvalue weighted by Gasteiger charge is -2.09. The number of benzene rings is 3. The van der Waals surface area contributed by atoms with Crippen LogP contribution in [0.1, 0.15) is 11.1 Å². The number of hydrogen-bond acceptors (Lipinski definition) is 2. The van der Waals surface area contributed by atoms with Crippen LogP contribution in [0.25, 0.3) is 10.8 Å². The molecule has 3 aromatic rings. The molecule has 0 bridgehead atoms. The molecule has 0 saturated carbocycles. The van der Waals surface area contributed by atoms with Gasteiger partial charge in [-0.05, 0) is 47.4 Å². The molecule has 0 unspecified atom stereocenters. The van der Waals surface area contributed by atoms with E-state index in [1.807, 2.05) is 61.5 Å². The van der Waals surface area contributed by atoms with Gasteiger partial charge in [0.05, 0.1) is 4.90 Å². The summed E-state index contributed by atoms with van der Waals surface area (Å²) < 4.78 is 27.6. The molecule has 3 aromatic carbocycles. The lowest BCUT2D eigenvalue weighted by Crippen LogP contribution is -2.26. The average Bonchev–Trinajstić information content (AvgIpc) is 2.56. The maximum absolute atomic E-state index is 12.4. The fraction of sp³-hybridized carbons (Fsp3) is 0.158. The van der Waals surface area contributed by atoms with Crippen LogP contribution in [-0.2, 0) is 16.4 Å². The van der Waals surface area contributed by atoms with Gasteiger partial charge in [-0.3, -0.25) is 0 Å². The summed E-state index contributed by atoms with van der Waals surface area (Å²) in [6.07, 6.45) is 0.680. The number of rotatable bonds is 5. The highest BCUT2D eigenvalue weighted by Crippen LogP contribution is 2.18. The largest absolute Gasteiger partial charge is 0.240 e. The summed E-state index contributed by atoms with van der Waals surface area (Å²) in [6, 6.07) is 21.0. The van der Waals surface area contributed by atoms with Gasteiger partial charge in [0.15, 0.2) is 0 Å². The van der Waals surface area contributed by atoms with Crippen molar-refractivity contribution in [1.82, 2.24) is 4.72 Å². The Bertz CT molecular complexity index is 933. The van der Waals surface area contributed by atoms with E-state index in [-0.39, 0.29) is 0 Å². The average molecular weight is 325 g/mol. The van der Waals surface area contributed by atoms with Gasteiger partial charge >= 0.3 is 0 Å². The lowest BCUT2D eigenvalue weighted by molar-refractivity contribution is 0.581. The minimum Gasteiger partial charge on any atom is -0.211 e. The first-order valence-corrected chi connectivity index (χ1v) is 9.07. The summed E-state index contributed by atoms with van der Waals surface area (Å²) in [4.78, 5) is 0.306. The minimum atomic E-state index is -3.48. The highest BCUT2D eigenvalue weighted by atomic mass is 32.2. The molecule has 1 N–H and O–H groups in total. The van der Waals surface area contributed by atoms with Crippen LogP contribution in [-0.4, -0.2) is 15.0 Å². The van der Waals surface area contributed by atoms with Gasteiger partial charge in [-0.2, -0.15) is 0 Å². The Kier molecular flexibility index (Phi) is 4.46. The number of sulfonamides is 1. The summed E-state index contributed by atoms with van der Waals surface area (Å²) in [7, 11) is -3.48. The van der Waals surface area contributed by atoms with Crippen molar-refractivity contribution in [3.8, 4) is 0 Å². The molecule has 0 aliphatic heterocycles. The van der Waals surface area contributed by atoms with Crippen molar-refractivity contribution >= 4 is 20.8 Å². The third-order valence-electron chi connectivity index (χ3n) is 3.98. The molecule has 0 heterocycles. The molecule has 0 fully saturated rings. The van der Waals surface area contributed by atoms with Gasteiger partial charge in [0, 0.05) is 6.54 Å². The van der Waals surface area contributed by atoms with Gasteiger partial charge in [0.2, 0.25) is 10.0 Å². The first kappa shape index (κ1) is 15.7. The van der Waals surface area contributed by atoms with Gasteiger partial charge in [-0.1, -0.05) is 54.6 Å². The Morgan fingerprint density at radius 1 is 0.870 bits per heavy atom. The number of hydrogen-bond donors (Lipinski definition) is 1. The fourth-order valence-electron chi connectivity index (χ4n) is 2.63. The summed E-state index contributed by atoms with van der Waals surface area (Å²) in [5.74, 6) is 0. The zero-order valence-corrected chi connectivity index (χ0v) is 13.8. The second-order valence-corrected chi connectivity index (χ2v) is 7.35. The topological polar surface area (TPSA) is 46.2 Å². The van der Waals surface area contributed by atoms with Crippen LogP contribution in [0.5, 0.6) is 0 Å².